The van der Waals surface area contributed by atoms with Crippen molar-refractivity contribution in [3.63, 3.8) is 0 Å². The van der Waals surface area contributed by atoms with E-state index >= 15 is 0 Å². The van der Waals surface area contributed by atoms with Crippen LogP contribution in [0.3, 0.4) is 0 Å². The lowest BCUT2D eigenvalue weighted by Gasteiger charge is -2.11. The molecule has 45 heavy (non-hydrogen) atoms. The summed E-state index contributed by atoms with van der Waals surface area (Å²) in [6.07, 6.45) is -5.79. The summed E-state index contributed by atoms with van der Waals surface area (Å²) in [5.74, 6) is -2.24. The van der Waals surface area contributed by atoms with E-state index in [-0.39, 0.29) is 17.5 Å². The first-order valence-corrected chi connectivity index (χ1v) is 13.1. The zero-order valence-corrected chi connectivity index (χ0v) is 25.6. The molecule has 0 unspecified atom stereocenters. The highest BCUT2D eigenvalue weighted by atomic mass is 35.5. The molecule has 3 rings (SSSR count). The second kappa shape index (κ2) is 18.8. The third kappa shape index (κ3) is 14.2. The maximum absolute atomic E-state index is 13.1. The summed E-state index contributed by atoms with van der Waals surface area (Å²) in [5, 5.41) is 11.6. The normalized spacial score (nSPS) is 11.9. The molecule has 0 saturated carbocycles. The smallest absolute Gasteiger partial charge is 0.399 e. The van der Waals surface area contributed by atoms with Crippen LogP contribution in [0.1, 0.15) is 34.7 Å². The van der Waals surface area contributed by atoms with E-state index in [9.17, 15) is 35.1 Å². The zero-order chi connectivity index (χ0) is 34.2. The van der Waals surface area contributed by atoms with Crippen LogP contribution in [0.25, 0.3) is 0 Å². The largest absolute Gasteiger partial charge is 0.419 e. The first kappa shape index (κ1) is 39.1. The summed E-state index contributed by atoms with van der Waals surface area (Å²) < 4.78 is 100. The van der Waals surface area contributed by atoms with Gasteiger partial charge in [0.15, 0.2) is 0 Å². The van der Waals surface area contributed by atoms with Crippen molar-refractivity contribution in [2.75, 3.05) is 21.3 Å². The molecule has 0 bridgehead atoms. The summed E-state index contributed by atoms with van der Waals surface area (Å²) in [5.41, 5.74) is -0.733. The van der Waals surface area contributed by atoms with Gasteiger partial charge in [-0.1, -0.05) is 56.9 Å². The molecule has 0 aliphatic carbocycles. The van der Waals surface area contributed by atoms with Crippen LogP contribution in [0.2, 0.25) is 10.0 Å². The minimum absolute atomic E-state index is 0.0466. The zero-order valence-electron chi connectivity index (χ0n) is 24.1. The number of hydrogen-bond donors (Lipinski definition) is 0. The van der Waals surface area contributed by atoms with Gasteiger partial charge in [0.25, 0.3) is 0 Å². The maximum atomic E-state index is 13.1. The van der Waals surface area contributed by atoms with Crippen molar-refractivity contribution in [3.05, 3.63) is 104 Å². The first-order valence-electron chi connectivity index (χ1n) is 12.4. The first-order chi connectivity index (χ1) is 21.0. The molecule has 3 aromatic rings. The van der Waals surface area contributed by atoms with Crippen molar-refractivity contribution in [2.24, 2.45) is 15.5 Å². The molecular weight excluding hydrogens is 661 g/mol. The highest BCUT2D eigenvalue weighted by Gasteiger charge is 2.34. The van der Waals surface area contributed by atoms with Gasteiger partial charge in [-0.2, -0.15) is 26.3 Å². The molecule has 6 nitrogen and oxygen atoms in total. The van der Waals surface area contributed by atoms with Crippen molar-refractivity contribution >= 4 is 41.3 Å². The fraction of sp³-hybridized carbons (Fsp3) is 0.276. The fourth-order valence-corrected chi connectivity index (χ4v) is 3.56. The molecule has 0 aliphatic heterocycles. The van der Waals surface area contributed by atoms with Crippen molar-refractivity contribution < 1.29 is 49.6 Å². The van der Waals surface area contributed by atoms with Crippen molar-refractivity contribution in [2.45, 2.75) is 32.1 Å². The molecule has 246 valence electrons. The molecule has 0 amide bonds. The lowest BCUT2D eigenvalue weighted by atomic mass is 10.0. The van der Waals surface area contributed by atoms with Gasteiger partial charge in [0, 0.05) is 30.8 Å². The Balaban J connectivity index is 0.000000340. The predicted molar refractivity (Wildman–Crippen MR) is 157 cm³/mol. The van der Waals surface area contributed by atoms with Crippen LogP contribution in [-0.4, -0.2) is 39.5 Å². The Kier molecular flexibility index (Phi) is 16.3. The van der Waals surface area contributed by atoms with E-state index in [4.69, 9.17) is 23.2 Å². The monoisotopic (exact) mass is 687 g/mol. The fourth-order valence-electron chi connectivity index (χ4n) is 3.24. The van der Waals surface area contributed by atoms with Gasteiger partial charge in [0.05, 0.1) is 26.9 Å². The number of halogens is 10. The second-order valence-electron chi connectivity index (χ2n) is 8.45. The lowest BCUT2D eigenvalue weighted by Crippen LogP contribution is -2.10. The van der Waals surface area contributed by atoms with E-state index in [0.29, 0.717) is 34.3 Å². The highest BCUT2D eigenvalue weighted by Crippen LogP contribution is 2.33. The molecule has 0 aliphatic rings. The molecule has 0 fully saturated rings. The van der Waals surface area contributed by atoms with Crippen LogP contribution in [0.5, 0.6) is 0 Å². The van der Waals surface area contributed by atoms with Crippen LogP contribution < -0.4 is 0 Å². The molecule has 16 heteroatoms. The van der Waals surface area contributed by atoms with E-state index in [1.165, 1.54) is 34.5 Å². The topological polar surface area (TPSA) is 64.8 Å². The van der Waals surface area contributed by atoms with Crippen LogP contribution in [0.15, 0.2) is 70.1 Å². The van der Waals surface area contributed by atoms with Gasteiger partial charge >= 0.3 is 12.4 Å². The number of rotatable bonds is 8. The summed E-state index contributed by atoms with van der Waals surface area (Å²) in [6, 6.07) is 10.6. The Morgan fingerprint density at radius 1 is 0.711 bits per heavy atom. The van der Waals surface area contributed by atoms with Crippen LogP contribution in [0.4, 0.5) is 35.1 Å². The van der Waals surface area contributed by atoms with Crippen LogP contribution >= 0.6 is 23.2 Å². The standard InChI is InChI=1S/2C10H9F4NO.C9H9Cl2NO/c1-6(15-16-2)7-3-4-8(9(11)5-7)10(12,13)14;1-16-15-5-4-7-2-3-8(11)6-9(7)10(12,13)14;1-13-12-5-4-7-2-3-8(10)9(11)6-7/h3-5H,1-2H3;2-3,5-6H,4H2,1H3;2-3,5-6H,4H2,1H3. The highest BCUT2D eigenvalue weighted by molar-refractivity contribution is 6.42. The van der Waals surface area contributed by atoms with E-state index in [2.05, 4.69) is 30.0 Å². The molecule has 0 aromatic heterocycles. The minimum Gasteiger partial charge on any atom is -0.399 e. The molecule has 0 saturated heterocycles. The molecule has 0 radical (unpaired) electrons. The van der Waals surface area contributed by atoms with Gasteiger partial charge in [-0.25, -0.2) is 8.78 Å². The summed E-state index contributed by atoms with van der Waals surface area (Å²) in [4.78, 5) is 13.3. The van der Waals surface area contributed by atoms with Gasteiger partial charge in [0.1, 0.15) is 33.0 Å². The van der Waals surface area contributed by atoms with E-state index in [1.807, 2.05) is 12.1 Å². The average molecular weight is 688 g/mol. The number of oxime groups is 3. The van der Waals surface area contributed by atoms with Crippen molar-refractivity contribution in [1.82, 2.24) is 0 Å². The molecule has 0 atom stereocenters. The average Bonchev–Trinajstić information content (AvgIpc) is 2.95. The third-order valence-electron chi connectivity index (χ3n) is 5.28. The Hall–Kier alpha value is -3.91. The Morgan fingerprint density at radius 2 is 1.31 bits per heavy atom. The van der Waals surface area contributed by atoms with Gasteiger partial charge in [-0.15, -0.1) is 0 Å². The molecular formula is C29H27Cl2F8N3O3. The number of alkyl halides is 6. The Bertz CT molecular complexity index is 1460. The molecule has 0 heterocycles. The number of benzene rings is 3. The number of hydrogen-bond acceptors (Lipinski definition) is 6. The van der Waals surface area contributed by atoms with Gasteiger partial charge in [0.2, 0.25) is 0 Å². The van der Waals surface area contributed by atoms with E-state index in [0.717, 1.165) is 29.8 Å². The van der Waals surface area contributed by atoms with E-state index in [1.54, 1.807) is 12.3 Å². The van der Waals surface area contributed by atoms with Crippen LogP contribution in [-0.2, 0) is 39.7 Å². The summed E-state index contributed by atoms with van der Waals surface area (Å²) in [7, 11) is 4.08. The van der Waals surface area contributed by atoms with E-state index < -0.39 is 35.1 Å². The summed E-state index contributed by atoms with van der Waals surface area (Å²) >= 11 is 11.6. The molecule has 3 aromatic carbocycles. The minimum atomic E-state index is -4.69. The third-order valence-corrected chi connectivity index (χ3v) is 6.02. The van der Waals surface area contributed by atoms with Crippen LogP contribution in [0, 0.1) is 11.6 Å². The Labute approximate surface area is 263 Å². The second-order valence-corrected chi connectivity index (χ2v) is 9.26. The quantitative estimate of drug-likeness (QED) is 0.135. The Morgan fingerprint density at radius 3 is 1.82 bits per heavy atom. The lowest BCUT2D eigenvalue weighted by molar-refractivity contribution is -0.140. The van der Waals surface area contributed by atoms with Gasteiger partial charge in [-0.05, 0) is 54.4 Å². The molecule has 0 N–H and O–H groups in total. The number of nitrogens with zero attached hydrogens (tertiary/aromatic N) is 3. The van der Waals surface area contributed by atoms with Crippen molar-refractivity contribution in [1.29, 1.82) is 0 Å². The molecule has 0 spiro atoms. The van der Waals surface area contributed by atoms with Crippen molar-refractivity contribution in [3.8, 4) is 0 Å². The maximum Gasteiger partial charge on any atom is 0.419 e. The summed E-state index contributed by atoms with van der Waals surface area (Å²) in [6.45, 7) is 1.51. The predicted octanol–water partition coefficient (Wildman–Crippen LogP) is 9.40. The van der Waals surface area contributed by atoms with Gasteiger partial charge < -0.3 is 14.5 Å². The SMILES string of the molecule is CON=C(C)c1ccc(C(F)(F)F)c(F)c1.CON=CCc1ccc(Cl)c(Cl)c1.CON=CCc1ccc(F)cc1C(F)(F)F. The van der Waals surface area contributed by atoms with Gasteiger partial charge in [-0.3, -0.25) is 0 Å².